The first-order chi connectivity index (χ1) is 9.15. The van der Waals surface area contributed by atoms with Gasteiger partial charge in [0.25, 0.3) is 5.91 Å². The van der Waals surface area contributed by atoms with Crippen LogP contribution in [-0.2, 0) is 11.3 Å². The predicted molar refractivity (Wildman–Crippen MR) is 67.9 cm³/mol. The summed E-state index contributed by atoms with van der Waals surface area (Å²) in [5.41, 5.74) is 0.738. The lowest BCUT2D eigenvalue weighted by molar-refractivity contribution is -0.123. The highest BCUT2D eigenvalue weighted by atomic mass is 19.1. The van der Waals surface area contributed by atoms with Gasteiger partial charge < -0.3 is 15.4 Å². The van der Waals surface area contributed by atoms with Crippen LogP contribution >= 0.6 is 0 Å². The van der Waals surface area contributed by atoms with E-state index in [9.17, 15) is 9.18 Å². The van der Waals surface area contributed by atoms with Crippen LogP contribution < -0.4 is 15.4 Å². The molecule has 0 saturated carbocycles. The van der Waals surface area contributed by atoms with Crippen molar-refractivity contribution in [3.63, 3.8) is 0 Å². The summed E-state index contributed by atoms with van der Waals surface area (Å²) in [5, 5.41) is 13.7. The number of hydrogen-bond acceptors (Lipinski definition) is 4. The minimum absolute atomic E-state index is 0.201. The summed E-state index contributed by atoms with van der Waals surface area (Å²) < 4.78 is 18.5. The second kappa shape index (κ2) is 8.06. The van der Waals surface area contributed by atoms with E-state index in [1.54, 1.807) is 13.1 Å². The molecule has 0 saturated heterocycles. The number of nitrogens with zero attached hydrogens (tertiary/aromatic N) is 1. The smallest absolute Gasteiger partial charge is 0.257 e. The molecule has 1 aromatic carbocycles. The van der Waals surface area contributed by atoms with E-state index in [0.717, 1.165) is 5.56 Å². The third-order valence-corrected chi connectivity index (χ3v) is 2.24. The molecule has 0 unspecified atom stereocenters. The molecule has 1 aromatic rings. The van der Waals surface area contributed by atoms with Crippen molar-refractivity contribution in [2.75, 3.05) is 20.2 Å². The summed E-state index contributed by atoms with van der Waals surface area (Å²) in [6, 6.07) is 6.21. The van der Waals surface area contributed by atoms with E-state index in [2.05, 4.69) is 10.6 Å². The molecule has 0 heterocycles. The van der Waals surface area contributed by atoms with E-state index in [4.69, 9.17) is 10.00 Å². The van der Waals surface area contributed by atoms with Gasteiger partial charge in [0.1, 0.15) is 11.6 Å². The Hall–Kier alpha value is -2.13. The van der Waals surface area contributed by atoms with Gasteiger partial charge in [-0.15, -0.1) is 0 Å². The molecule has 0 aliphatic carbocycles. The molecule has 0 aromatic heterocycles. The molecule has 0 atom stereocenters. The van der Waals surface area contributed by atoms with Crippen LogP contribution in [-0.4, -0.2) is 26.1 Å². The predicted octanol–water partition coefficient (Wildman–Crippen LogP) is 0.954. The third kappa shape index (κ3) is 5.84. The van der Waals surface area contributed by atoms with Gasteiger partial charge in [-0.1, -0.05) is 0 Å². The lowest BCUT2D eigenvalue weighted by Gasteiger charge is -2.08. The van der Waals surface area contributed by atoms with E-state index in [1.807, 2.05) is 6.07 Å². The summed E-state index contributed by atoms with van der Waals surface area (Å²) in [6.45, 7) is 0.600. The fourth-order valence-electron chi connectivity index (χ4n) is 1.47. The lowest BCUT2D eigenvalue weighted by atomic mass is 10.2. The second-order valence-electron chi connectivity index (χ2n) is 3.87. The zero-order chi connectivity index (χ0) is 14.1. The number of ether oxygens (including phenoxy) is 1. The fraction of sp³-hybridized carbons (Fsp3) is 0.385. The maximum absolute atomic E-state index is 13.3. The number of carbonyl (C=O) groups is 1. The van der Waals surface area contributed by atoms with Gasteiger partial charge in [0, 0.05) is 19.2 Å². The van der Waals surface area contributed by atoms with E-state index in [1.165, 1.54) is 12.1 Å². The van der Waals surface area contributed by atoms with Crippen molar-refractivity contribution < 1.29 is 13.9 Å². The molecule has 1 rings (SSSR count). The van der Waals surface area contributed by atoms with Crippen LogP contribution in [0.4, 0.5) is 4.39 Å². The minimum Gasteiger partial charge on any atom is -0.484 e. The third-order valence-electron chi connectivity index (χ3n) is 2.24. The Labute approximate surface area is 111 Å². The van der Waals surface area contributed by atoms with Gasteiger partial charge in [-0.2, -0.15) is 5.26 Å². The summed E-state index contributed by atoms with van der Waals surface area (Å²) >= 11 is 0. The Morgan fingerprint density at radius 2 is 2.26 bits per heavy atom. The van der Waals surface area contributed by atoms with Crippen molar-refractivity contribution >= 4 is 5.91 Å². The van der Waals surface area contributed by atoms with Gasteiger partial charge in [-0.25, -0.2) is 4.39 Å². The molecule has 0 aliphatic rings. The van der Waals surface area contributed by atoms with Gasteiger partial charge in [-0.3, -0.25) is 4.79 Å². The van der Waals surface area contributed by atoms with Crippen molar-refractivity contribution in [1.82, 2.24) is 10.6 Å². The Balaban J connectivity index is 2.48. The number of amides is 1. The molecule has 1 amide bonds. The molecule has 102 valence electrons. The average molecular weight is 265 g/mol. The maximum Gasteiger partial charge on any atom is 0.257 e. The summed E-state index contributed by atoms with van der Waals surface area (Å²) in [4.78, 5) is 11.3. The van der Waals surface area contributed by atoms with Crippen molar-refractivity contribution in [1.29, 1.82) is 5.26 Å². The molecular weight excluding hydrogens is 249 g/mol. The molecule has 5 nitrogen and oxygen atoms in total. The standard InChI is InChI=1S/C13H16FN3O2/c1-16-8-10-5-11(14)7-12(6-10)19-9-13(18)17-4-2-3-15/h5-7,16H,2,4,8-9H2,1H3,(H,17,18). The highest BCUT2D eigenvalue weighted by molar-refractivity contribution is 5.77. The number of halogens is 1. The van der Waals surface area contributed by atoms with Crippen LogP contribution in [0.3, 0.4) is 0 Å². The van der Waals surface area contributed by atoms with Crippen molar-refractivity contribution in [3.8, 4) is 11.8 Å². The first-order valence-corrected chi connectivity index (χ1v) is 5.86. The second-order valence-corrected chi connectivity index (χ2v) is 3.87. The molecule has 0 fully saturated rings. The molecule has 0 spiro atoms. The maximum atomic E-state index is 13.3. The monoisotopic (exact) mass is 265 g/mol. The largest absolute Gasteiger partial charge is 0.484 e. The van der Waals surface area contributed by atoms with Gasteiger partial charge in [0.05, 0.1) is 12.5 Å². The molecule has 19 heavy (non-hydrogen) atoms. The van der Waals surface area contributed by atoms with Crippen LogP contribution in [0.15, 0.2) is 18.2 Å². The SMILES string of the molecule is CNCc1cc(F)cc(OCC(=O)NCCC#N)c1. The highest BCUT2D eigenvalue weighted by Crippen LogP contribution is 2.16. The molecular formula is C13H16FN3O2. The van der Waals surface area contributed by atoms with Crippen molar-refractivity contribution in [2.24, 2.45) is 0 Å². The zero-order valence-electron chi connectivity index (χ0n) is 10.7. The van der Waals surface area contributed by atoms with E-state index in [-0.39, 0.29) is 25.5 Å². The highest BCUT2D eigenvalue weighted by Gasteiger charge is 2.05. The first-order valence-electron chi connectivity index (χ1n) is 5.86. The first kappa shape index (κ1) is 14.9. The van der Waals surface area contributed by atoms with Crippen LogP contribution in [0.5, 0.6) is 5.75 Å². The normalized spacial score (nSPS) is 9.74. The van der Waals surface area contributed by atoms with Gasteiger partial charge in [0.2, 0.25) is 0 Å². The number of nitrogens with one attached hydrogen (secondary N) is 2. The molecule has 2 N–H and O–H groups in total. The van der Waals surface area contributed by atoms with Crippen LogP contribution in [0.1, 0.15) is 12.0 Å². The Morgan fingerprint density at radius 1 is 1.47 bits per heavy atom. The van der Waals surface area contributed by atoms with Crippen molar-refractivity contribution in [2.45, 2.75) is 13.0 Å². The fourth-order valence-corrected chi connectivity index (χ4v) is 1.47. The molecule has 0 aliphatic heterocycles. The Morgan fingerprint density at radius 3 is 2.95 bits per heavy atom. The number of benzene rings is 1. The van der Waals surface area contributed by atoms with Crippen LogP contribution in [0, 0.1) is 17.1 Å². The summed E-state index contributed by atoms with van der Waals surface area (Å²) in [5.74, 6) is -0.442. The zero-order valence-corrected chi connectivity index (χ0v) is 10.7. The van der Waals surface area contributed by atoms with E-state index < -0.39 is 5.82 Å². The molecule has 6 heteroatoms. The van der Waals surface area contributed by atoms with Gasteiger partial charge in [-0.05, 0) is 24.7 Å². The van der Waals surface area contributed by atoms with Gasteiger partial charge in [0.15, 0.2) is 6.61 Å². The van der Waals surface area contributed by atoms with Crippen LogP contribution in [0.2, 0.25) is 0 Å². The summed E-state index contributed by atoms with van der Waals surface area (Å²) in [7, 11) is 1.76. The number of nitriles is 1. The summed E-state index contributed by atoms with van der Waals surface area (Å²) in [6.07, 6.45) is 0.248. The number of hydrogen-bond donors (Lipinski definition) is 2. The van der Waals surface area contributed by atoms with E-state index in [0.29, 0.717) is 12.3 Å². The molecule has 0 radical (unpaired) electrons. The number of rotatable bonds is 7. The minimum atomic E-state index is -0.410. The quantitative estimate of drug-likeness (QED) is 0.720. The number of carbonyl (C=O) groups excluding carboxylic acids is 1. The Bertz CT molecular complexity index is 471. The van der Waals surface area contributed by atoms with E-state index >= 15 is 0 Å². The lowest BCUT2D eigenvalue weighted by Crippen LogP contribution is -2.29. The molecule has 0 bridgehead atoms. The van der Waals surface area contributed by atoms with Gasteiger partial charge >= 0.3 is 0 Å². The van der Waals surface area contributed by atoms with Crippen LogP contribution in [0.25, 0.3) is 0 Å². The average Bonchev–Trinajstić information content (AvgIpc) is 2.36. The Kier molecular flexibility index (Phi) is 6.33. The van der Waals surface area contributed by atoms with Crippen molar-refractivity contribution in [3.05, 3.63) is 29.6 Å². The topological polar surface area (TPSA) is 74.2 Å².